The largest absolute Gasteiger partial charge is 0.486 e. The molecule has 0 aliphatic carbocycles. The van der Waals surface area contributed by atoms with Crippen molar-refractivity contribution in [3.05, 3.63) is 35.4 Å². The van der Waals surface area contributed by atoms with Crippen LogP contribution in [-0.2, 0) is 0 Å². The van der Waals surface area contributed by atoms with Crippen molar-refractivity contribution in [3.8, 4) is 5.75 Å². The second-order valence-corrected chi connectivity index (χ2v) is 5.99. The topological polar surface area (TPSA) is 96.5 Å². The number of anilines is 3. The molecule has 1 aromatic carbocycles. The summed E-state index contributed by atoms with van der Waals surface area (Å²) in [4.78, 5) is 10.5. The summed E-state index contributed by atoms with van der Waals surface area (Å²) >= 11 is 0. The molecule has 1 aliphatic heterocycles. The number of hydrogen-bond donors (Lipinski definition) is 3. The van der Waals surface area contributed by atoms with Crippen molar-refractivity contribution >= 4 is 17.6 Å². The highest BCUT2D eigenvalue weighted by Crippen LogP contribution is 2.28. The summed E-state index contributed by atoms with van der Waals surface area (Å²) in [6.07, 6.45) is 0.134. The van der Waals surface area contributed by atoms with Crippen LogP contribution in [0.5, 0.6) is 5.75 Å². The SMILES string of the molecule is Cc1cccc(C)c1OC1CN(c2cc(NCCO)nc(N)n2)C1. The van der Waals surface area contributed by atoms with Crippen molar-refractivity contribution in [1.82, 2.24) is 9.97 Å². The van der Waals surface area contributed by atoms with E-state index >= 15 is 0 Å². The van der Waals surface area contributed by atoms with Crippen LogP contribution >= 0.6 is 0 Å². The van der Waals surface area contributed by atoms with Gasteiger partial charge < -0.3 is 25.8 Å². The number of nitrogens with two attached hydrogens (primary N) is 1. The minimum absolute atomic E-state index is 0.0364. The average molecular weight is 329 g/mol. The molecule has 0 unspecified atom stereocenters. The molecule has 0 atom stereocenters. The third-order valence-electron chi connectivity index (χ3n) is 4.01. The molecule has 7 nitrogen and oxygen atoms in total. The number of hydrogen-bond acceptors (Lipinski definition) is 7. The van der Waals surface area contributed by atoms with Crippen LogP contribution < -0.4 is 20.7 Å². The van der Waals surface area contributed by atoms with E-state index in [1.165, 1.54) is 0 Å². The first-order valence-corrected chi connectivity index (χ1v) is 8.04. The van der Waals surface area contributed by atoms with E-state index < -0.39 is 0 Å². The molecule has 1 fully saturated rings. The monoisotopic (exact) mass is 329 g/mol. The number of nitrogens with zero attached hydrogens (tertiary/aromatic N) is 3. The minimum Gasteiger partial charge on any atom is -0.486 e. The Hall–Kier alpha value is -2.54. The van der Waals surface area contributed by atoms with Gasteiger partial charge in [0.1, 0.15) is 23.5 Å². The van der Waals surface area contributed by atoms with Crippen molar-refractivity contribution in [1.29, 1.82) is 0 Å². The van der Waals surface area contributed by atoms with E-state index in [1.807, 2.05) is 12.1 Å². The molecule has 1 aromatic heterocycles. The van der Waals surface area contributed by atoms with Gasteiger partial charge in [0.2, 0.25) is 5.95 Å². The standard InChI is InChI=1S/C17H23N5O2/c1-11-4-3-5-12(2)16(11)24-13-9-22(10-13)15-8-14(19-6-7-23)20-17(18)21-15/h3-5,8,13,23H,6-7,9-10H2,1-2H3,(H3,18,19,20,21). The predicted octanol–water partition coefficient (Wildman–Crippen LogP) is 1.35. The van der Waals surface area contributed by atoms with Gasteiger partial charge in [-0.15, -0.1) is 0 Å². The van der Waals surface area contributed by atoms with E-state index in [-0.39, 0.29) is 18.7 Å². The second kappa shape index (κ2) is 6.92. The van der Waals surface area contributed by atoms with Gasteiger partial charge in [-0.3, -0.25) is 0 Å². The Labute approximate surface area is 141 Å². The highest BCUT2D eigenvalue weighted by molar-refractivity contribution is 5.54. The lowest BCUT2D eigenvalue weighted by molar-refractivity contribution is 0.164. The predicted molar refractivity (Wildman–Crippen MR) is 94.6 cm³/mol. The molecule has 0 amide bonds. The molecule has 7 heteroatoms. The second-order valence-electron chi connectivity index (χ2n) is 5.99. The number of nitrogen functional groups attached to an aromatic ring is 1. The Morgan fingerprint density at radius 1 is 1.29 bits per heavy atom. The van der Waals surface area contributed by atoms with E-state index in [4.69, 9.17) is 15.6 Å². The summed E-state index contributed by atoms with van der Waals surface area (Å²) in [5.74, 6) is 2.57. The molecule has 128 valence electrons. The lowest BCUT2D eigenvalue weighted by Crippen LogP contribution is -2.54. The van der Waals surface area contributed by atoms with Gasteiger partial charge in [0.05, 0.1) is 19.7 Å². The Balaban J connectivity index is 1.63. The molecular formula is C17H23N5O2. The Kier molecular flexibility index (Phi) is 4.71. The number of aliphatic hydroxyl groups excluding tert-OH is 1. The molecule has 0 bridgehead atoms. The van der Waals surface area contributed by atoms with E-state index in [1.54, 1.807) is 0 Å². The van der Waals surface area contributed by atoms with Crippen molar-refractivity contribution in [3.63, 3.8) is 0 Å². The average Bonchev–Trinajstić information content (AvgIpc) is 2.50. The van der Waals surface area contributed by atoms with Crippen LogP contribution in [0.1, 0.15) is 11.1 Å². The lowest BCUT2D eigenvalue weighted by Gasteiger charge is -2.40. The molecule has 1 aliphatic rings. The first kappa shape index (κ1) is 16.3. The molecule has 0 saturated carbocycles. The fraction of sp³-hybridized carbons (Fsp3) is 0.412. The normalized spacial score (nSPS) is 14.4. The van der Waals surface area contributed by atoms with E-state index in [0.29, 0.717) is 12.4 Å². The number of nitrogens with one attached hydrogen (secondary N) is 1. The van der Waals surface area contributed by atoms with E-state index in [9.17, 15) is 0 Å². The van der Waals surface area contributed by atoms with Crippen LogP contribution in [0.2, 0.25) is 0 Å². The summed E-state index contributed by atoms with van der Waals surface area (Å²) in [7, 11) is 0. The van der Waals surface area contributed by atoms with Gasteiger partial charge in [0, 0.05) is 12.6 Å². The summed E-state index contributed by atoms with van der Waals surface area (Å²) in [6.45, 7) is 6.09. The molecule has 24 heavy (non-hydrogen) atoms. The Morgan fingerprint density at radius 3 is 2.67 bits per heavy atom. The third-order valence-corrected chi connectivity index (χ3v) is 4.01. The lowest BCUT2D eigenvalue weighted by atomic mass is 10.1. The van der Waals surface area contributed by atoms with Crippen molar-refractivity contribution in [2.45, 2.75) is 20.0 Å². The number of aliphatic hydroxyl groups is 1. The smallest absolute Gasteiger partial charge is 0.223 e. The van der Waals surface area contributed by atoms with Gasteiger partial charge in [-0.05, 0) is 25.0 Å². The molecule has 0 spiro atoms. The molecule has 0 radical (unpaired) electrons. The summed E-state index contributed by atoms with van der Waals surface area (Å²) in [5.41, 5.74) is 8.06. The van der Waals surface area contributed by atoms with Crippen LogP contribution in [0.4, 0.5) is 17.6 Å². The quantitative estimate of drug-likeness (QED) is 0.736. The van der Waals surface area contributed by atoms with Crippen LogP contribution in [0, 0.1) is 13.8 Å². The molecule has 1 saturated heterocycles. The number of ether oxygens (including phenoxy) is 1. The zero-order valence-corrected chi connectivity index (χ0v) is 14.0. The molecular weight excluding hydrogens is 306 g/mol. The van der Waals surface area contributed by atoms with Crippen molar-refractivity contribution < 1.29 is 9.84 Å². The molecule has 2 aromatic rings. The number of rotatable bonds is 6. The minimum atomic E-state index is 0.0364. The Morgan fingerprint density at radius 2 is 2.00 bits per heavy atom. The highest BCUT2D eigenvalue weighted by atomic mass is 16.5. The van der Waals surface area contributed by atoms with Gasteiger partial charge in [-0.2, -0.15) is 9.97 Å². The van der Waals surface area contributed by atoms with Crippen molar-refractivity contribution in [2.75, 3.05) is 42.2 Å². The first-order valence-electron chi connectivity index (χ1n) is 8.04. The maximum atomic E-state index is 8.89. The molecule has 2 heterocycles. The zero-order valence-electron chi connectivity index (χ0n) is 14.0. The van der Waals surface area contributed by atoms with Crippen LogP contribution in [0.25, 0.3) is 0 Å². The van der Waals surface area contributed by atoms with E-state index in [0.717, 1.165) is 35.8 Å². The van der Waals surface area contributed by atoms with Gasteiger partial charge in [-0.25, -0.2) is 0 Å². The van der Waals surface area contributed by atoms with Gasteiger partial charge >= 0.3 is 0 Å². The summed E-state index contributed by atoms with van der Waals surface area (Å²) in [6, 6.07) is 7.99. The fourth-order valence-electron chi connectivity index (χ4n) is 2.74. The van der Waals surface area contributed by atoms with Crippen LogP contribution in [-0.4, -0.2) is 47.4 Å². The third kappa shape index (κ3) is 3.51. The number of benzene rings is 1. The fourth-order valence-corrected chi connectivity index (χ4v) is 2.74. The van der Waals surface area contributed by atoms with Crippen LogP contribution in [0.3, 0.4) is 0 Å². The van der Waals surface area contributed by atoms with Crippen LogP contribution in [0.15, 0.2) is 24.3 Å². The van der Waals surface area contributed by atoms with Gasteiger partial charge in [-0.1, -0.05) is 18.2 Å². The van der Waals surface area contributed by atoms with Gasteiger partial charge in [0.15, 0.2) is 0 Å². The zero-order chi connectivity index (χ0) is 17.1. The number of aromatic nitrogens is 2. The maximum Gasteiger partial charge on any atom is 0.223 e. The van der Waals surface area contributed by atoms with Crippen molar-refractivity contribution in [2.24, 2.45) is 0 Å². The molecule has 3 rings (SSSR count). The maximum absolute atomic E-state index is 8.89. The molecule has 4 N–H and O–H groups in total. The Bertz CT molecular complexity index is 696. The summed E-state index contributed by atoms with van der Waals surface area (Å²) < 4.78 is 6.12. The number of aryl methyl sites for hydroxylation is 2. The number of para-hydroxylation sites is 1. The highest BCUT2D eigenvalue weighted by Gasteiger charge is 2.30. The van der Waals surface area contributed by atoms with Gasteiger partial charge in [0.25, 0.3) is 0 Å². The first-order chi connectivity index (χ1) is 11.6. The van der Waals surface area contributed by atoms with E-state index in [2.05, 4.69) is 46.2 Å². The summed E-state index contributed by atoms with van der Waals surface area (Å²) in [5, 5.41) is 11.9.